The highest BCUT2D eigenvalue weighted by Crippen LogP contribution is 2.00. The average molecular weight is 148 g/mol. The molecule has 0 aromatic heterocycles. The lowest BCUT2D eigenvalue weighted by Gasteiger charge is -1.99. The van der Waals surface area contributed by atoms with E-state index in [-0.39, 0.29) is 0 Å². The van der Waals surface area contributed by atoms with Gasteiger partial charge in [-0.1, -0.05) is 24.3 Å². The van der Waals surface area contributed by atoms with Crippen LogP contribution in [0.4, 0.5) is 0 Å². The number of aryl methyl sites for hydroxylation is 1. The lowest BCUT2D eigenvalue weighted by molar-refractivity contribution is 0.725. The van der Waals surface area contributed by atoms with Gasteiger partial charge in [0.25, 0.3) is 0 Å². The first-order valence-electron chi connectivity index (χ1n) is 4.03. The maximum Gasteiger partial charge on any atom is -0.00488 e. The van der Waals surface area contributed by atoms with Gasteiger partial charge in [0.05, 0.1) is 0 Å². The molecule has 0 heterocycles. The molecule has 11 heavy (non-hydrogen) atoms. The van der Waals surface area contributed by atoms with E-state index < -0.39 is 0 Å². The number of hydrogen-bond acceptors (Lipinski definition) is 1. The molecule has 1 aromatic carbocycles. The molecule has 0 spiro atoms. The molecule has 0 atom stereocenters. The Balaban J connectivity index is 2.28. The van der Waals surface area contributed by atoms with Crippen molar-refractivity contribution in [1.82, 2.24) is 5.32 Å². The van der Waals surface area contributed by atoms with Crippen molar-refractivity contribution in [3.8, 4) is 0 Å². The van der Waals surface area contributed by atoms with Crippen molar-refractivity contribution in [2.45, 2.75) is 12.8 Å². The van der Waals surface area contributed by atoms with E-state index >= 15 is 0 Å². The first-order chi connectivity index (χ1) is 5.43. The summed E-state index contributed by atoms with van der Waals surface area (Å²) in [6, 6.07) is 11.2. The molecule has 1 rings (SSSR count). The van der Waals surface area contributed by atoms with Gasteiger partial charge in [-0.3, -0.25) is 0 Å². The highest BCUT2D eigenvalue weighted by atomic mass is 14.8. The van der Waals surface area contributed by atoms with E-state index in [9.17, 15) is 0 Å². The third kappa shape index (κ3) is 3.19. The van der Waals surface area contributed by atoms with Crippen LogP contribution in [0.3, 0.4) is 0 Å². The quantitative estimate of drug-likeness (QED) is 0.640. The zero-order valence-electron chi connectivity index (χ0n) is 6.93. The summed E-state index contributed by atoms with van der Waals surface area (Å²) < 4.78 is 0. The van der Waals surface area contributed by atoms with E-state index in [4.69, 9.17) is 0 Å². The minimum Gasteiger partial charge on any atom is -0.320 e. The Hall–Kier alpha value is -0.820. The van der Waals surface area contributed by atoms with E-state index in [0.29, 0.717) is 0 Å². The molecule has 0 aliphatic rings. The number of benzene rings is 1. The van der Waals surface area contributed by atoms with Crippen LogP contribution in [-0.4, -0.2) is 13.6 Å². The second kappa shape index (κ2) is 4.91. The van der Waals surface area contributed by atoms with Crippen molar-refractivity contribution in [1.29, 1.82) is 0 Å². The summed E-state index contributed by atoms with van der Waals surface area (Å²) in [4.78, 5) is 0. The van der Waals surface area contributed by atoms with Gasteiger partial charge < -0.3 is 5.32 Å². The molecule has 0 aliphatic carbocycles. The number of rotatable bonds is 4. The van der Waals surface area contributed by atoms with Gasteiger partial charge >= 0.3 is 0 Å². The van der Waals surface area contributed by atoms with Crippen molar-refractivity contribution in [2.24, 2.45) is 0 Å². The summed E-state index contributed by atoms with van der Waals surface area (Å²) >= 11 is 0. The highest BCUT2D eigenvalue weighted by molar-refractivity contribution is 5.13. The molecule has 0 unspecified atom stereocenters. The molecule has 0 saturated heterocycles. The summed E-state index contributed by atoms with van der Waals surface area (Å²) in [5.41, 5.74) is 1.40. The molecule has 1 heteroatoms. The van der Waals surface area contributed by atoms with Crippen molar-refractivity contribution >= 4 is 0 Å². The predicted octanol–water partition coefficient (Wildman–Crippen LogP) is 1.64. The van der Waals surface area contributed by atoms with E-state index in [1.54, 1.807) is 0 Å². The smallest absolute Gasteiger partial charge is 0.00488 e. The summed E-state index contributed by atoms with van der Waals surface area (Å²) in [5.74, 6) is 0. The normalized spacial score (nSPS) is 9.91. The van der Waals surface area contributed by atoms with Crippen molar-refractivity contribution < 1.29 is 0 Å². The Morgan fingerprint density at radius 2 is 2.09 bits per heavy atom. The topological polar surface area (TPSA) is 12.0 Å². The van der Waals surface area contributed by atoms with Gasteiger partial charge in [0, 0.05) is 0 Å². The van der Waals surface area contributed by atoms with E-state index in [1.165, 1.54) is 12.0 Å². The summed E-state index contributed by atoms with van der Waals surface area (Å²) in [5, 5.41) is 3.13. The van der Waals surface area contributed by atoms with Gasteiger partial charge in [-0.15, -0.1) is 0 Å². The van der Waals surface area contributed by atoms with Crippen LogP contribution >= 0.6 is 0 Å². The fourth-order valence-electron chi connectivity index (χ4n) is 1.06. The Morgan fingerprint density at radius 3 is 2.73 bits per heavy atom. The third-order valence-corrected chi connectivity index (χ3v) is 1.68. The van der Waals surface area contributed by atoms with E-state index in [1.807, 2.05) is 19.2 Å². The monoisotopic (exact) mass is 148 g/mol. The lowest BCUT2D eigenvalue weighted by atomic mass is 10.1. The predicted molar refractivity (Wildman–Crippen MR) is 47.5 cm³/mol. The van der Waals surface area contributed by atoms with Crippen molar-refractivity contribution in [3.63, 3.8) is 0 Å². The Labute approximate surface area is 68.4 Å². The largest absolute Gasteiger partial charge is 0.320 e. The Morgan fingerprint density at radius 1 is 1.36 bits per heavy atom. The molecule has 1 nitrogen and oxygen atoms in total. The van der Waals surface area contributed by atoms with Crippen LogP contribution in [-0.2, 0) is 6.42 Å². The molecule has 1 N–H and O–H groups in total. The third-order valence-electron chi connectivity index (χ3n) is 1.68. The minimum atomic E-state index is 1.10. The molecular formula is C10H14N. The minimum absolute atomic E-state index is 1.10. The van der Waals surface area contributed by atoms with Crippen LogP contribution in [0.1, 0.15) is 12.0 Å². The van der Waals surface area contributed by atoms with E-state index in [2.05, 4.69) is 23.5 Å². The van der Waals surface area contributed by atoms with Crippen LogP contribution < -0.4 is 5.32 Å². The number of hydrogen-bond donors (Lipinski definition) is 1. The van der Waals surface area contributed by atoms with Crippen LogP contribution in [0.25, 0.3) is 0 Å². The first kappa shape index (κ1) is 8.28. The first-order valence-corrected chi connectivity index (χ1v) is 4.03. The van der Waals surface area contributed by atoms with E-state index in [0.717, 1.165) is 13.0 Å². The molecular weight excluding hydrogens is 134 g/mol. The molecule has 0 fully saturated rings. The van der Waals surface area contributed by atoms with Gasteiger partial charge in [-0.2, -0.15) is 0 Å². The zero-order valence-corrected chi connectivity index (χ0v) is 6.93. The SMILES string of the molecule is CNCCCc1cc[c]cc1. The maximum atomic E-state index is 3.13. The van der Waals surface area contributed by atoms with Crippen LogP contribution in [0, 0.1) is 6.07 Å². The molecule has 0 bridgehead atoms. The Bertz CT molecular complexity index is 181. The van der Waals surface area contributed by atoms with Crippen LogP contribution in [0.5, 0.6) is 0 Å². The molecule has 1 radical (unpaired) electrons. The summed E-state index contributed by atoms with van der Waals surface area (Å²) in [6.45, 7) is 1.10. The van der Waals surface area contributed by atoms with Gasteiger partial charge in [0.15, 0.2) is 0 Å². The van der Waals surface area contributed by atoms with Crippen molar-refractivity contribution in [2.75, 3.05) is 13.6 Å². The highest BCUT2D eigenvalue weighted by Gasteiger charge is 1.89. The van der Waals surface area contributed by atoms with Gasteiger partial charge in [0.1, 0.15) is 0 Å². The van der Waals surface area contributed by atoms with Gasteiger partial charge in [-0.05, 0) is 38.1 Å². The van der Waals surface area contributed by atoms with Crippen LogP contribution in [0.2, 0.25) is 0 Å². The summed E-state index contributed by atoms with van der Waals surface area (Å²) in [7, 11) is 1.98. The fourth-order valence-corrected chi connectivity index (χ4v) is 1.06. The molecule has 0 amide bonds. The molecule has 59 valence electrons. The second-order valence-electron chi connectivity index (χ2n) is 2.62. The maximum absolute atomic E-state index is 3.13. The molecule has 0 aliphatic heterocycles. The molecule has 0 saturated carbocycles. The summed E-state index contributed by atoms with van der Waals surface area (Å²) in [6.07, 6.45) is 2.37. The zero-order chi connectivity index (χ0) is 7.94. The van der Waals surface area contributed by atoms with Crippen molar-refractivity contribution in [3.05, 3.63) is 35.9 Å². The fraction of sp³-hybridized carbons (Fsp3) is 0.400. The van der Waals surface area contributed by atoms with Gasteiger partial charge in [0.2, 0.25) is 0 Å². The van der Waals surface area contributed by atoms with Gasteiger partial charge in [-0.25, -0.2) is 0 Å². The average Bonchev–Trinajstić information content (AvgIpc) is 2.07. The Kier molecular flexibility index (Phi) is 3.70. The molecule has 1 aromatic rings. The standard InChI is InChI=1S/C10H14N/c1-11-9-5-8-10-6-3-2-4-7-10/h3-4,6-7,11H,5,8-9H2,1H3. The van der Waals surface area contributed by atoms with Crippen LogP contribution in [0.15, 0.2) is 24.3 Å². The second-order valence-corrected chi connectivity index (χ2v) is 2.62. The number of nitrogens with one attached hydrogen (secondary N) is 1. The lowest BCUT2D eigenvalue weighted by Crippen LogP contribution is -2.08.